The molecule has 71 heavy (non-hydrogen) atoms. The van der Waals surface area contributed by atoms with E-state index in [2.05, 4.69) is 27.7 Å². The predicted molar refractivity (Wildman–Crippen MR) is 293 cm³/mol. The first-order valence-electron chi connectivity index (χ1n) is 31.0. The van der Waals surface area contributed by atoms with E-state index in [0.717, 1.165) is 51.4 Å². The molecule has 0 aliphatic carbocycles. The van der Waals surface area contributed by atoms with Gasteiger partial charge in [0.05, 0.1) is 0 Å². The molecule has 0 aromatic carbocycles. The van der Waals surface area contributed by atoms with Gasteiger partial charge in [-0.2, -0.15) is 0 Å². The van der Waals surface area contributed by atoms with Gasteiger partial charge in [0.25, 0.3) is 0 Å². The fraction of sp³-hybridized carbons (Fsp3) is 0.935. The van der Waals surface area contributed by atoms with E-state index in [-0.39, 0.29) is 44.3 Å². The van der Waals surface area contributed by atoms with Crippen molar-refractivity contribution in [2.75, 3.05) is 0 Å². The average molecular weight is 1060 g/mol. The van der Waals surface area contributed by atoms with Crippen LogP contribution in [0.25, 0.3) is 0 Å². The topological polar surface area (TPSA) is 133 Å². The van der Waals surface area contributed by atoms with Crippen molar-refractivity contribution in [3.8, 4) is 0 Å². The molecule has 2 unspecified atom stereocenters. The van der Waals surface area contributed by atoms with E-state index >= 15 is 0 Å². The number of hydrogen-bond donors (Lipinski definition) is 0. The van der Waals surface area contributed by atoms with Gasteiger partial charge in [0, 0.05) is 37.6 Å². The first kappa shape index (κ1) is 73.7. The van der Waals surface area contributed by atoms with Crippen LogP contribution in [0.1, 0.15) is 362 Å². The number of ether oxygens (including phenoxy) is 2. The van der Waals surface area contributed by atoms with E-state index in [1.54, 1.807) is 0 Å². The SMILES string of the molecule is CCCCCCCCCCCCCCCC(CC(=O)[O-])OC(=O)CCCCCCCCCCCC.CCCCCCCCCCCCCCCC(CC(=O)[O-])OC(=O)CCCCCCCCCCCC.[Zn+2]. The molecule has 416 valence electrons. The maximum atomic E-state index is 12.2. The number of carbonyl (C=O) groups excluding carboxylic acids is 4. The van der Waals surface area contributed by atoms with Crippen LogP contribution < -0.4 is 10.2 Å². The van der Waals surface area contributed by atoms with Crippen LogP contribution in [0.3, 0.4) is 0 Å². The second kappa shape index (κ2) is 62.8. The minimum Gasteiger partial charge on any atom is -0.550 e. The van der Waals surface area contributed by atoms with Crippen LogP contribution >= 0.6 is 0 Å². The Labute approximate surface area is 453 Å². The summed E-state index contributed by atoms with van der Waals surface area (Å²) in [7, 11) is 0. The van der Waals surface area contributed by atoms with Gasteiger partial charge < -0.3 is 29.3 Å². The zero-order valence-electron chi connectivity index (χ0n) is 47.9. The molecule has 0 aliphatic heterocycles. The monoisotopic (exact) mass is 1050 g/mol. The largest absolute Gasteiger partial charge is 2.00 e. The third-order valence-corrected chi connectivity index (χ3v) is 14.1. The first-order chi connectivity index (χ1) is 34.2. The van der Waals surface area contributed by atoms with Crippen molar-refractivity contribution in [3.05, 3.63) is 0 Å². The normalized spacial score (nSPS) is 11.9. The van der Waals surface area contributed by atoms with E-state index in [9.17, 15) is 29.4 Å². The molecule has 0 spiro atoms. The summed E-state index contributed by atoms with van der Waals surface area (Å²) in [6, 6.07) is 0. The van der Waals surface area contributed by atoms with Crippen LogP contribution in [0.5, 0.6) is 0 Å². The Kier molecular flexibility index (Phi) is 65.2. The summed E-state index contributed by atoms with van der Waals surface area (Å²) in [6.45, 7) is 9.00. The van der Waals surface area contributed by atoms with Gasteiger partial charge >= 0.3 is 31.4 Å². The van der Waals surface area contributed by atoms with Crippen LogP contribution in [0, 0.1) is 0 Å². The molecule has 2 atom stereocenters. The Hall–Kier alpha value is -1.50. The molecule has 8 nitrogen and oxygen atoms in total. The van der Waals surface area contributed by atoms with Gasteiger partial charge in [0.15, 0.2) is 0 Å². The predicted octanol–water partition coefficient (Wildman–Crippen LogP) is 17.7. The van der Waals surface area contributed by atoms with Gasteiger partial charge in [-0.3, -0.25) is 9.59 Å². The summed E-state index contributed by atoms with van der Waals surface area (Å²) >= 11 is 0. The Balaban J connectivity index is -0.00000128. The zero-order valence-corrected chi connectivity index (χ0v) is 50.9. The molecule has 0 saturated heterocycles. The number of carboxylic acids is 2. The Morgan fingerprint density at radius 2 is 0.451 bits per heavy atom. The maximum absolute atomic E-state index is 12.2. The molecule has 0 N–H and O–H groups in total. The Morgan fingerprint density at radius 3 is 0.634 bits per heavy atom. The number of rotatable bonds is 56. The molecule has 0 heterocycles. The fourth-order valence-corrected chi connectivity index (χ4v) is 9.56. The van der Waals surface area contributed by atoms with Crippen molar-refractivity contribution in [2.45, 2.75) is 374 Å². The molecule has 0 amide bonds. The van der Waals surface area contributed by atoms with Gasteiger partial charge in [-0.15, -0.1) is 0 Å². The number of aliphatic carboxylic acids is 2. The van der Waals surface area contributed by atoms with Crippen molar-refractivity contribution >= 4 is 23.9 Å². The molecule has 0 fully saturated rings. The summed E-state index contributed by atoms with van der Waals surface area (Å²) in [4.78, 5) is 46.5. The van der Waals surface area contributed by atoms with E-state index in [4.69, 9.17) is 9.47 Å². The summed E-state index contributed by atoms with van der Waals surface area (Å²) in [5.41, 5.74) is 0. The Morgan fingerprint density at radius 1 is 0.282 bits per heavy atom. The number of unbranched alkanes of at least 4 members (excludes halogenated alkanes) is 42. The third kappa shape index (κ3) is 64.6. The third-order valence-electron chi connectivity index (χ3n) is 14.1. The molecule has 0 rings (SSSR count). The van der Waals surface area contributed by atoms with Gasteiger partial charge in [-0.25, -0.2) is 0 Å². The van der Waals surface area contributed by atoms with Crippen molar-refractivity contribution < 1.29 is 58.3 Å². The van der Waals surface area contributed by atoms with Crippen molar-refractivity contribution in [2.24, 2.45) is 0 Å². The molecule has 0 saturated carbocycles. The van der Waals surface area contributed by atoms with Crippen molar-refractivity contribution in [3.63, 3.8) is 0 Å². The number of carboxylic acid groups (broad SMARTS) is 2. The molecular weight excluding hydrogens is 938 g/mol. The second-order valence-electron chi connectivity index (χ2n) is 21.3. The summed E-state index contributed by atoms with van der Waals surface area (Å²) in [6.07, 6.45) is 58.5. The molecule has 0 aromatic heterocycles. The minimum atomic E-state index is -1.13. The van der Waals surface area contributed by atoms with E-state index in [1.165, 1.54) is 244 Å². The van der Waals surface area contributed by atoms with E-state index in [0.29, 0.717) is 25.7 Å². The van der Waals surface area contributed by atoms with Crippen molar-refractivity contribution in [1.29, 1.82) is 0 Å². The number of esters is 2. The number of hydrogen-bond acceptors (Lipinski definition) is 8. The van der Waals surface area contributed by atoms with Gasteiger partial charge in [-0.1, -0.05) is 297 Å². The van der Waals surface area contributed by atoms with Crippen molar-refractivity contribution in [1.82, 2.24) is 0 Å². The molecular formula is C62H118O8Zn. The van der Waals surface area contributed by atoms with Crippen LogP contribution in [-0.4, -0.2) is 36.1 Å². The summed E-state index contributed by atoms with van der Waals surface area (Å²) in [5, 5.41) is 22.1. The minimum absolute atomic E-state index is 0. The molecule has 0 aromatic rings. The van der Waals surface area contributed by atoms with Gasteiger partial charge in [0.1, 0.15) is 12.2 Å². The second-order valence-corrected chi connectivity index (χ2v) is 21.3. The van der Waals surface area contributed by atoms with Crippen LogP contribution in [0.4, 0.5) is 0 Å². The Bertz CT molecular complexity index is 1020. The molecule has 0 bridgehead atoms. The summed E-state index contributed by atoms with van der Waals surface area (Å²) in [5.74, 6) is -2.75. The van der Waals surface area contributed by atoms with E-state index < -0.39 is 24.1 Å². The van der Waals surface area contributed by atoms with Crippen LogP contribution in [0.2, 0.25) is 0 Å². The van der Waals surface area contributed by atoms with Gasteiger partial charge in [-0.05, 0) is 38.5 Å². The quantitative estimate of drug-likeness (QED) is 0.0334. The molecule has 0 aliphatic rings. The summed E-state index contributed by atoms with van der Waals surface area (Å²) < 4.78 is 11.0. The van der Waals surface area contributed by atoms with Crippen LogP contribution in [-0.2, 0) is 48.1 Å². The smallest absolute Gasteiger partial charge is 0.550 e. The van der Waals surface area contributed by atoms with E-state index in [1.807, 2.05) is 0 Å². The average Bonchev–Trinajstić information content (AvgIpc) is 3.33. The zero-order chi connectivity index (χ0) is 51.6. The standard InChI is InChI=1S/2C31H60O4.Zn/c2*1-3-5-7-9-11-13-15-16-17-18-20-22-24-26-29(28-30(32)33)35-31(34)27-25-23-21-19-14-12-10-8-6-4-2;/h2*29H,3-28H2,1-2H3,(H,32,33);/q;;+2/p-2. The molecule has 0 radical (unpaired) electrons. The van der Waals surface area contributed by atoms with Crippen LogP contribution in [0.15, 0.2) is 0 Å². The first-order valence-corrected chi connectivity index (χ1v) is 31.0. The van der Waals surface area contributed by atoms with Gasteiger partial charge in [0.2, 0.25) is 0 Å². The number of carbonyl (C=O) groups is 4. The fourth-order valence-electron chi connectivity index (χ4n) is 9.56. The molecule has 9 heteroatoms. The maximum Gasteiger partial charge on any atom is 2.00 e.